The van der Waals surface area contributed by atoms with Crippen LogP contribution in [0, 0.1) is 12.8 Å². The van der Waals surface area contributed by atoms with Crippen LogP contribution in [0.3, 0.4) is 0 Å². The van der Waals surface area contributed by atoms with Gasteiger partial charge in [-0.2, -0.15) is 0 Å². The zero-order chi connectivity index (χ0) is 13.7. The summed E-state index contributed by atoms with van der Waals surface area (Å²) in [6.07, 6.45) is 2.29. The van der Waals surface area contributed by atoms with Gasteiger partial charge in [-0.1, -0.05) is 24.3 Å². The topological polar surface area (TPSA) is 12.0 Å². The van der Waals surface area contributed by atoms with Crippen LogP contribution in [0.4, 0.5) is 0 Å². The van der Waals surface area contributed by atoms with Crippen LogP contribution in [-0.4, -0.2) is 13.6 Å². The number of thiophene rings is 1. The molecule has 0 aliphatic rings. The molecule has 1 N–H and O–H groups in total. The van der Waals surface area contributed by atoms with Gasteiger partial charge in [0.05, 0.1) is 0 Å². The zero-order valence-corrected chi connectivity index (χ0v) is 13.9. The van der Waals surface area contributed by atoms with E-state index < -0.39 is 0 Å². The predicted octanol–water partition coefficient (Wildman–Crippen LogP) is 4.44. The van der Waals surface area contributed by atoms with Crippen LogP contribution in [0.1, 0.15) is 16.0 Å². The van der Waals surface area contributed by atoms with Gasteiger partial charge in [-0.15, -0.1) is 11.3 Å². The fourth-order valence-electron chi connectivity index (χ4n) is 2.40. The molecule has 1 aromatic carbocycles. The van der Waals surface area contributed by atoms with E-state index in [1.165, 1.54) is 20.5 Å². The fourth-order valence-corrected chi connectivity index (χ4v) is 3.97. The van der Waals surface area contributed by atoms with Crippen LogP contribution in [0.5, 0.6) is 0 Å². The van der Waals surface area contributed by atoms with Crippen LogP contribution in [-0.2, 0) is 12.8 Å². The molecule has 0 amide bonds. The second kappa shape index (κ2) is 7.22. The minimum absolute atomic E-state index is 0.650. The minimum Gasteiger partial charge on any atom is -0.319 e. The molecule has 19 heavy (non-hydrogen) atoms. The Bertz CT molecular complexity index is 521. The van der Waals surface area contributed by atoms with Crippen molar-refractivity contribution in [2.24, 2.45) is 5.92 Å². The number of halogens is 1. The van der Waals surface area contributed by atoms with Gasteiger partial charge in [-0.25, -0.2) is 0 Å². The number of hydrogen-bond acceptors (Lipinski definition) is 2. The van der Waals surface area contributed by atoms with Gasteiger partial charge < -0.3 is 5.32 Å². The lowest BCUT2D eigenvalue weighted by molar-refractivity contribution is 0.495. The average Bonchev–Trinajstić information content (AvgIpc) is 2.78. The Morgan fingerprint density at radius 2 is 2.05 bits per heavy atom. The maximum absolute atomic E-state index is 3.53. The summed E-state index contributed by atoms with van der Waals surface area (Å²) >= 11 is 5.38. The first-order valence-corrected chi connectivity index (χ1v) is 8.28. The van der Waals surface area contributed by atoms with Gasteiger partial charge in [0.25, 0.3) is 0 Å². The predicted molar refractivity (Wildman–Crippen MR) is 88.0 cm³/mol. The largest absolute Gasteiger partial charge is 0.319 e. The molecule has 0 fully saturated rings. The monoisotopic (exact) mass is 337 g/mol. The molecule has 0 spiro atoms. The smallest absolute Gasteiger partial charge is 0.0285 e. The number of aryl methyl sites for hydroxylation is 1. The molecule has 1 nitrogen and oxygen atoms in total. The highest BCUT2D eigenvalue weighted by molar-refractivity contribution is 9.10. The molecule has 0 saturated carbocycles. The molecule has 1 aromatic heterocycles. The highest BCUT2D eigenvalue weighted by Crippen LogP contribution is 2.24. The molecule has 1 unspecified atom stereocenters. The lowest BCUT2D eigenvalue weighted by Crippen LogP contribution is -2.22. The van der Waals surface area contributed by atoms with Gasteiger partial charge in [0.1, 0.15) is 0 Å². The van der Waals surface area contributed by atoms with Gasteiger partial charge in [-0.05, 0) is 72.4 Å². The van der Waals surface area contributed by atoms with E-state index in [1.54, 1.807) is 0 Å². The van der Waals surface area contributed by atoms with Crippen LogP contribution in [0.15, 0.2) is 40.2 Å². The molecule has 3 heteroatoms. The summed E-state index contributed by atoms with van der Waals surface area (Å²) in [6, 6.07) is 10.9. The molecule has 1 heterocycles. The molecule has 0 aliphatic carbocycles. The van der Waals surface area contributed by atoms with Crippen molar-refractivity contribution in [1.82, 2.24) is 5.32 Å². The van der Waals surface area contributed by atoms with Crippen molar-refractivity contribution in [3.05, 3.63) is 56.2 Å². The van der Waals surface area contributed by atoms with Gasteiger partial charge in [-0.3, -0.25) is 0 Å². The third-order valence-corrected chi connectivity index (χ3v) is 5.09. The maximum Gasteiger partial charge on any atom is 0.0285 e. The molecule has 1 atom stereocenters. The van der Waals surface area contributed by atoms with Gasteiger partial charge >= 0.3 is 0 Å². The Hall–Kier alpha value is -0.640. The second-order valence-electron chi connectivity index (χ2n) is 4.99. The normalized spacial score (nSPS) is 12.6. The van der Waals surface area contributed by atoms with Crippen LogP contribution >= 0.6 is 27.3 Å². The molecular weight excluding hydrogens is 318 g/mol. The summed E-state index contributed by atoms with van der Waals surface area (Å²) in [5, 5.41) is 5.49. The zero-order valence-electron chi connectivity index (χ0n) is 11.4. The third kappa shape index (κ3) is 4.44. The number of rotatable bonds is 6. The minimum atomic E-state index is 0.650. The van der Waals surface area contributed by atoms with Crippen LogP contribution in [0.2, 0.25) is 0 Å². The van der Waals surface area contributed by atoms with Crippen LogP contribution < -0.4 is 5.32 Å². The first-order chi connectivity index (χ1) is 9.19. The van der Waals surface area contributed by atoms with E-state index in [-0.39, 0.29) is 0 Å². The highest BCUT2D eigenvalue weighted by atomic mass is 79.9. The SMILES string of the molecule is CNCC(Cc1cc(Br)cs1)Cc1ccccc1C. The standard InChI is InChI=1S/C16H20BrNS/c1-12-5-3-4-6-14(12)7-13(10-18-2)8-16-9-15(17)11-19-16/h3-6,9,11,13,18H,7-8,10H2,1-2H3. The lowest BCUT2D eigenvalue weighted by Gasteiger charge is -2.17. The fraction of sp³-hybridized carbons (Fsp3) is 0.375. The summed E-state index contributed by atoms with van der Waals surface area (Å²) in [7, 11) is 2.04. The Morgan fingerprint density at radius 3 is 2.68 bits per heavy atom. The van der Waals surface area contributed by atoms with E-state index in [9.17, 15) is 0 Å². The Morgan fingerprint density at radius 1 is 1.26 bits per heavy atom. The van der Waals surface area contributed by atoms with Gasteiger partial charge in [0.2, 0.25) is 0 Å². The van der Waals surface area contributed by atoms with E-state index in [0.717, 1.165) is 19.4 Å². The Balaban J connectivity index is 2.06. The van der Waals surface area contributed by atoms with Crippen molar-refractivity contribution in [3.8, 4) is 0 Å². The molecule has 0 saturated heterocycles. The molecule has 102 valence electrons. The molecule has 0 bridgehead atoms. The van der Waals surface area contributed by atoms with E-state index >= 15 is 0 Å². The molecular formula is C16H20BrNS. The quantitative estimate of drug-likeness (QED) is 0.821. The van der Waals surface area contributed by atoms with Gasteiger partial charge in [0.15, 0.2) is 0 Å². The number of benzene rings is 1. The molecule has 2 aromatic rings. The Kier molecular flexibility index (Phi) is 5.61. The number of nitrogens with one attached hydrogen (secondary N) is 1. The highest BCUT2D eigenvalue weighted by Gasteiger charge is 2.12. The van der Waals surface area contributed by atoms with Crippen molar-refractivity contribution >= 4 is 27.3 Å². The molecule has 0 radical (unpaired) electrons. The summed E-state index contributed by atoms with van der Waals surface area (Å²) in [5.74, 6) is 0.650. The average molecular weight is 338 g/mol. The van der Waals surface area contributed by atoms with Crippen molar-refractivity contribution in [1.29, 1.82) is 0 Å². The van der Waals surface area contributed by atoms with E-state index in [4.69, 9.17) is 0 Å². The molecule has 2 rings (SSSR count). The third-order valence-electron chi connectivity index (χ3n) is 3.37. The summed E-state index contributed by atoms with van der Waals surface area (Å²) in [6.45, 7) is 3.26. The number of hydrogen-bond donors (Lipinski definition) is 1. The summed E-state index contributed by atoms with van der Waals surface area (Å²) in [5.41, 5.74) is 2.87. The van der Waals surface area contributed by atoms with E-state index in [1.807, 2.05) is 18.4 Å². The van der Waals surface area contributed by atoms with Crippen molar-refractivity contribution in [2.45, 2.75) is 19.8 Å². The summed E-state index contributed by atoms with van der Waals surface area (Å²) < 4.78 is 1.20. The van der Waals surface area contributed by atoms with E-state index in [0.29, 0.717) is 5.92 Å². The Labute approximate surface area is 128 Å². The van der Waals surface area contributed by atoms with Crippen molar-refractivity contribution in [3.63, 3.8) is 0 Å². The first-order valence-electron chi connectivity index (χ1n) is 6.61. The first kappa shape index (κ1) is 14.8. The second-order valence-corrected chi connectivity index (χ2v) is 6.90. The van der Waals surface area contributed by atoms with E-state index in [2.05, 4.69) is 63.9 Å². The lowest BCUT2D eigenvalue weighted by atomic mass is 9.93. The molecule has 0 aliphatic heterocycles. The van der Waals surface area contributed by atoms with Crippen molar-refractivity contribution in [2.75, 3.05) is 13.6 Å². The van der Waals surface area contributed by atoms with Crippen LogP contribution in [0.25, 0.3) is 0 Å². The van der Waals surface area contributed by atoms with Gasteiger partial charge in [0, 0.05) is 14.7 Å². The summed E-state index contributed by atoms with van der Waals surface area (Å²) in [4.78, 5) is 1.46. The maximum atomic E-state index is 3.53. The van der Waals surface area contributed by atoms with Crippen molar-refractivity contribution < 1.29 is 0 Å².